The largest absolute Gasteiger partial charge is 0.478 e. The maximum atomic E-state index is 11.3. The zero-order chi connectivity index (χ0) is 14.0. The lowest BCUT2D eigenvalue weighted by Crippen LogP contribution is -2.41. The molecule has 20 heavy (non-hydrogen) atoms. The molecule has 1 saturated heterocycles. The van der Waals surface area contributed by atoms with Crippen LogP contribution in [-0.4, -0.2) is 29.1 Å². The number of anilines is 1. The number of nitrogens with zero attached hydrogens (tertiary/aromatic N) is 2. The molecule has 1 N–H and O–H groups in total. The summed E-state index contributed by atoms with van der Waals surface area (Å²) in [6.07, 6.45) is 12.5. The molecule has 1 aromatic rings. The monoisotopic (exact) mass is 274 g/mol. The number of piperidine rings is 1. The van der Waals surface area contributed by atoms with Crippen LogP contribution >= 0.6 is 0 Å². The lowest BCUT2D eigenvalue weighted by Gasteiger charge is -2.45. The van der Waals surface area contributed by atoms with Crippen molar-refractivity contribution in [3.8, 4) is 0 Å². The summed E-state index contributed by atoms with van der Waals surface area (Å²) in [4.78, 5) is 17.6. The van der Waals surface area contributed by atoms with Crippen molar-refractivity contribution < 1.29 is 9.90 Å². The lowest BCUT2D eigenvalue weighted by molar-refractivity contribution is 0.0697. The fourth-order valence-corrected chi connectivity index (χ4v) is 3.84. The van der Waals surface area contributed by atoms with Gasteiger partial charge in [-0.15, -0.1) is 0 Å². The Morgan fingerprint density at radius 1 is 1.15 bits per heavy atom. The van der Waals surface area contributed by atoms with Crippen molar-refractivity contribution in [1.29, 1.82) is 0 Å². The highest BCUT2D eigenvalue weighted by Crippen LogP contribution is 2.45. The van der Waals surface area contributed by atoms with Gasteiger partial charge in [-0.25, -0.2) is 4.79 Å². The fraction of sp³-hybridized carbons (Fsp3) is 0.625. The van der Waals surface area contributed by atoms with Crippen molar-refractivity contribution >= 4 is 11.7 Å². The number of aromatic nitrogens is 1. The van der Waals surface area contributed by atoms with Crippen LogP contribution in [0.25, 0.3) is 0 Å². The molecule has 1 aliphatic heterocycles. The van der Waals surface area contributed by atoms with E-state index in [0.29, 0.717) is 11.0 Å². The molecule has 108 valence electrons. The predicted molar refractivity (Wildman–Crippen MR) is 78.2 cm³/mol. The summed E-state index contributed by atoms with van der Waals surface area (Å²) in [5.74, 6) is -0.861. The number of carbonyl (C=O) groups is 1. The Hall–Kier alpha value is -1.58. The Morgan fingerprint density at radius 3 is 2.50 bits per heavy atom. The summed E-state index contributed by atoms with van der Waals surface area (Å²) in [6, 6.07) is 1.60. The topological polar surface area (TPSA) is 53.4 Å². The molecule has 0 unspecified atom stereocenters. The summed E-state index contributed by atoms with van der Waals surface area (Å²) in [5.41, 5.74) is 1.70. The van der Waals surface area contributed by atoms with Crippen LogP contribution < -0.4 is 4.90 Å². The minimum atomic E-state index is -0.861. The molecule has 2 aliphatic rings. The Morgan fingerprint density at radius 2 is 1.85 bits per heavy atom. The van der Waals surface area contributed by atoms with Gasteiger partial charge in [0.15, 0.2) is 0 Å². The second kappa shape index (κ2) is 5.43. The van der Waals surface area contributed by atoms with Crippen LogP contribution in [0.5, 0.6) is 0 Å². The third-order valence-corrected chi connectivity index (χ3v) is 5.11. The zero-order valence-electron chi connectivity index (χ0n) is 11.8. The van der Waals surface area contributed by atoms with Crippen LogP contribution in [0.3, 0.4) is 0 Å². The van der Waals surface area contributed by atoms with Crippen molar-refractivity contribution in [3.63, 3.8) is 0 Å². The molecule has 2 heterocycles. The molecule has 3 rings (SSSR count). The van der Waals surface area contributed by atoms with Crippen LogP contribution in [0, 0.1) is 5.41 Å². The minimum absolute atomic E-state index is 0.375. The van der Waals surface area contributed by atoms with Crippen LogP contribution in [0.2, 0.25) is 0 Å². The number of carboxylic acid groups (broad SMARTS) is 1. The van der Waals surface area contributed by atoms with Gasteiger partial charge in [-0.05, 0) is 37.2 Å². The Kier molecular flexibility index (Phi) is 3.64. The van der Waals surface area contributed by atoms with E-state index in [1.54, 1.807) is 18.5 Å². The van der Waals surface area contributed by atoms with Gasteiger partial charge in [-0.1, -0.05) is 19.3 Å². The van der Waals surface area contributed by atoms with Crippen LogP contribution in [0.15, 0.2) is 18.5 Å². The normalized spacial score (nSPS) is 21.9. The standard InChI is InChI=1S/C16H22N2O2/c19-15(20)13-4-9-17-12-14(13)18-10-7-16(8-11-18)5-2-1-3-6-16/h4,9,12H,1-3,5-8,10-11H2,(H,19,20). The molecule has 0 atom stereocenters. The van der Waals surface area contributed by atoms with Gasteiger partial charge in [0.05, 0.1) is 17.4 Å². The molecule has 0 bridgehead atoms. The SMILES string of the molecule is O=C(O)c1ccncc1N1CCC2(CCCCC2)CC1. The summed E-state index contributed by atoms with van der Waals surface area (Å²) >= 11 is 0. The van der Waals surface area contributed by atoms with Crippen LogP contribution in [-0.2, 0) is 0 Å². The number of carboxylic acids is 1. The summed E-state index contributed by atoms with van der Waals surface area (Å²) in [5, 5.41) is 9.28. The van der Waals surface area contributed by atoms with Gasteiger partial charge in [-0.3, -0.25) is 4.98 Å². The molecule has 4 nitrogen and oxygen atoms in total. The van der Waals surface area contributed by atoms with Gasteiger partial charge < -0.3 is 10.0 Å². The molecule has 0 radical (unpaired) electrons. The predicted octanol–water partition coefficient (Wildman–Crippen LogP) is 3.33. The van der Waals surface area contributed by atoms with E-state index >= 15 is 0 Å². The van der Waals surface area contributed by atoms with Crippen molar-refractivity contribution in [3.05, 3.63) is 24.0 Å². The van der Waals surface area contributed by atoms with Gasteiger partial charge in [0.25, 0.3) is 0 Å². The maximum Gasteiger partial charge on any atom is 0.337 e. The van der Waals surface area contributed by atoms with E-state index in [-0.39, 0.29) is 0 Å². The number of rotatable bonds is 2. The molecule has 1 aliphatic carbocycles. The first-order valence-electron chi connectivity index (χ1n) is 7.63. The van der Waals surface area contributed by atoms with Gasteiger partial charge in [-0.2, -0.15) is 0 Å². The van der Waals surface area contributed by atoms with Crippen molar-refractivity contribution in [2.24, 2.45) is 5.41 Å². The van der Waals surface area contributed by atoms with E-state index in [9.17, 15) is 9.90 Å². The third kappa shape index (κ3) is 2.51. The van der Waals surface area contributed by atoms with Crippen molar-refractivity contribution in [2.45, 2.75) is 44.9 Å². The molecule has 2 fully saturated rings. The maximum absolute atomic E-state index is 11.3. The lowest BCUT2D eigenvalue weighted by atomic mass is 9.68. The quantitative estimate of drug-likeness (QED) is 0.898. The number of aromatic carboxylic acids is 1. The first-order valence-corrected chi connectivity index (χ1v) is 7.63. The molecule has 1 spiro atoms. The van der Waals surface area contributed by atoms with Crippen molar-refractivity contribution in [2.75, 3.05) is 18.0 Å². The van der Waals surface area contributed by atoms with Gasteiger partial charge in [0.2, 0.25) is 0 Å². The molecule has 1 aromatic heterocycles. The van der Waals surface area contributed by atoms with E-state index in [0.717, 1.165) is 18.8 Å². The van der Waals surface area contributed by atoms with E-state index in [4.69, 9.17) is 0 Å². The summed E-state index contributed by atoms with van der Waals surface area (Å²) in [6.45, 7) is 1.93. The van der Waals surface area contributed by atoms with Crippen LogP contribution in [0.4, 0.5) is 5.69 Å². The van der Waals surface area contributed by atoms with E-state index < -0.39 is 5.97 Å². The average Bonchev–Trinajstić information content (AvgIpc) is 2.49. The molecule has 0 aromatic carbocycles. The number of pyridine rings is 1. The van der Waals surface area contributed by atoms with Crippen molar-refractivity contribution in [1.82, 2.24) is 4.98 Å². The minimum Gasteiger partial charge on any atom is -0.478 e. The second-order valence-electron chi connectivity index (χ2n) is 6.25. The fourth-order valence-electron chi connectivity index (χ4n) is 3.84. The van der Waals surface area contributed by atoms with E-state index in [2.05, 4.69) is 9.88 Å². The molecule has 0 amide bonds. The first kappa shape index (κ1) is 13.4. The van der Waals surface area contributed by atoms with Gasteiger partial charge in [0, 0.05) is 19.3 Å². The zero-order valence-corrected chi connectivity index (χ0v) is 11.8. The third-order valence-electron chi connectivity index (χ3n) is 5.11. The summed E-state index contributed by atoms with van der Waals surface area (Å²) < 4.78 is 0. The Bertz CT molecular complexity index is 485. The summed E-state index contributed by atoms with van der Waals surface area (Å²) in [7, 11) is 0. The molecular weight excluding hydrogens is 252 g/mol. The van der Waals surface area contributed by atoms with E-state index in [1.807, 2.05) is 0 Å². The Balaban J connectivity index is 1.73. The molecule has 4 heteroatoms. The highest BCUT2D eigenvalue weighted by molar-refractivity contribution is 5.94. The second-order valence-corrected chi connectivity index (χ2v) is 6.25. The average molecular weight is 274 g/mol. The Labute approximate surface area is 119 Å². The number of hydrogen-bond acceptors (Lipinski definition) is 3. The highest BCUT2D eigenvalue weighted by Gasteiger charge is 2.36. The van der Waals surface area contributed by atoms with Crippen LogP contribution in [0.1, 0.15) is 55.3 Å². The molecule has 1 saturated carbocycles. The smallest absolute Gasteiger partial charge is 0.337 e. The van der Waals surface area contributed by atoms with Gasteiger partial charge >= 0.3 is 5.97 Å². The van der Waals surface area contributed by atoms with E-state index in [1.165, 1.54) is 44.9 Å². The number of hydrogen-bond donors (Lipinski definition) is 1. The first-order chi connectivity index (χ1) is 9.70. The van der Waals surface area contributed by atoms with Gasteiger partial charge in [0.1, 0.15) is 0 Å². The molecular formula is C16H22N2O2. The highest BCUT2D eigenvalue weighted by atomic mass is 16.4.